The first-order valence-corrected chi connectivity index (χ1v) is 11.4. The Morgan fingerprint density at radius 3 is 1.93 bits per heavy atom. The highest BCUT2D eigenvalue weighted by Gasteiger charge is 2.30. The van der Waals surface area contributed by atoms with Crippen LogP contribution in [0.5, 0.6) is 11.5 Å². The molecule has 0 amide bonds. The van der Waals surface area contributed by atoms with Crippen molar-refractivity contribution in [2.45, 2.75) is 33.1 Å². The largest absolute Gasteiger partial charge is 0.508 e. The molecule has 1 N–H and O–H groups in total. The third kappa shape index (κ3) is 6.65. The molecule has 0 aromatic heterocycles. The molecule has 2 aromatic carbocycles. The molecular formula is C21H22Br4O3. The van der Waals surface area contributed by atoms with Crippen molar-refractivity contribution in [2.24, 2.45) is 0 Å². The summed E-state index contributed by atoms with van der Waals surface area (Å²) in [6.07, 6.45) is 6.92. The Morgan fingerprint density at radius 1 is 0.929 bits per heavy atom. The van der Waals surface area contributed by atoms with Crippen molar-refractivity contribution in [2.75, 3.05) is 0 Å². The summed E-state index contributed by atoms with van der Waals surface area (Å²) in [5, 5.41) is 9.47. The Morgan fingerprint density at radius 2 is 1.46 bits per heavy atom. The number of phenolic OH excluding ortho intramolecular Hbond substituents is 1. The molecule has 3 nitrogen and oxygen atoms in total. The van der Waals surface area contributed by atoms with E-state index in [2.05, 4.69) is 77.9 Å². The van der Waals surface area contributed by atoms with Gasteiger partial charge in [-0.25, -0.2) is 0 Å². The number of ether oxygens (including phenoxy) is 1. The lowest BCUT2D eigenvalue weighted by Gasteiger charge is -2.29. The quantitative estimate of drug-likeness (QED) is 0.262. The minimum Gasteiger partial charge on any atom is -0.508 e. The van der Waals surface area contributed by atoms with E-state index in [4.69, 9.17) is 8.57 Å². The molecule has 7 heteroatoms. The number of phenols is 1. The first-order valence-electron chi connectivity index (χ1n) is 8.34. The third-order valence-electron chi connectivity index (χ3n) is 3.85. The number of aromatic hydroxyl groups is 1. The van der Waals surface area contributed by atoms with E-state index < -0.39 is 0 Å². The van der Waals surface area contributed by atoms with Crippen LogP contribution in [0.15, 0.2) is 68.4 Å². The van der Waals surface area contributed by atoms with Gasteiger partial charge in [-0.05, 0) is 75.0 Å². The molecule has 0 aliphatic heterocycles. The van der Waals surface area contributed by atoms with Gasteiger partial charge in [0.2, 0.25) is 0 Å². The highest BCUT2D eigenvalue weighted by atomic mass is 79.9. The van der Waals surface area contributed by atoms with E-state index in [9.17, 15) is 5.11 Å². The van der Waals surface area contributed by atoms with Crippen LogP contribution >= 0.6 is 64.0 Å². The zero-order valence-electron chi connectivity index (χ0n) is 16.0. The smallest absolute Gasteiger partial charge is 0.179 e. The average Bonchev–Trinajstić information content (AvgIpc) is 2.66. The SMILES string of the molecule is CC(C)(c1ccc(O)cc1)c1c(Br)cc(OBr)c(Br)c1Br.CC=COC=CC. The number of hydrogen-bond donors (Lipinski definition) is 1. The maximum Gasteiger partial charge on any atom is 0.179 e. The molecular weight excluding hydrogens is 620 g/mol. The minimum atomic E-state index is -0.265. The lowest BCUT2D eigenvalue weighted by Crippen LogP contribution is -2.20. The second-order valence-corrected chi connectivity index (χ2v) is 8.95. The van der Waals surface area contributed by atoms with E-state index in [-0.39, 0.29) is 11.2 Å². The van der Waals surface area contributed by atoms with E-state index in [1.807, 2.05) is 44.2 Å². The van der Waals surface area contributed by atoms with Gasteiger partial charge in [0.25, 0.3) is 0 Å². The highest BCUT2D eigenvalue weighted by molar-refractivity contribution is 9.13. The van der Waals surface area contributed by atoms with Crippen LogP contribution in [0.25, 0.3) is 0 Å². The highest BCUT2D eigenvalue weighted by Crippen LogP contribution is 2.47. The van der Waals surface area contributed by atoms with E-state index >= 15 is 0 Å². The summed E-state index contributed by atoms with van der Waals surface area (Å²) in [5.74, 6) is 0.941. The number of allylic oxidation sites excluding steroid dienone is 2. The van der Waals surface area contributed by atoms with Crippen LogP contribution in [-0.4, -0.2) is 5.11 Å². The second kappa shape index (κ2) is 12.1. The fraction of sp³-hybridized carbons (Fsp3) is 0.238. The number of rotatable bonds is 5. The molecule has 152 valence electrons. The van der Waals surface area contributed by atoms with Crippen molar-refractivity contribution in [3.63, 3.8) is 0 Å². The predicted octanol–water partition coefficient (Wildman–Crippen LogP) is 8.76. The van der Waals surface area contributed by atoms with Gasteiger partial charge in [0.15, 0.2) is 22.0 Å². The van der Waals surface area contributed by atoms with Crippen molar-refractivity contribution < 1.29 is 13.7 Å². The van der Waals surface area contributed by atoms with Gasteiger partial charge in [-0.2, -0.15) is 0 Å². The molecule has 0 aliphatic carbocycles. The molecule has 0 bridgehead atoms. The Hall–Kier alpha value is -0.760. The second-order valence-electron chi connectivity index (χ2n) is 6.18. The lowest BCUT2D eigenvalue weighted by molar-refractivity contribution is 0.401. The molecule has 0 saturated heterocycles. The summed E-state index contributed by atoms with van der Waals surface area (Å²) in [6.45, 7) is 8.07. The summed E-state index contributed by atoms with van der Waals surface area (Å²) in [5.41, 5.74) is 1.92. The molecule has 0 saturated carbocycles. The molecule has 2 rings (SSSR count). The minimum absolute atomic E-state index is 0.261. The van der Waals surface area contributed by atoms with Crippen LogP contribution in [0.3, 0.4) is 0 Å². The number of hydrogen-bond acceptors (Lipinski definition) is 3. The zero-order chi connectivity index (χ0) is 21.3. The molecule has 0 fully saturated rings. The Labute approximate surface area is 200 Å². The van der Waals surface area contributed by atoms with Gasteiger partial charge in [0, 0.05) is 14.4 Å². The first-order chi connectivity index (χ1) is 13.2. The van der Waals surface area contributed by atoms with Gasteiger partial charge in [0.05, 0.1) is 17.0 Å². The van der Waals surface area contributed by atoms with Gasteiger partial charge in [0.1, 0.15) is 5.75 Å². The summed E-state index contributed by atoms with van der Waals surface area (Å²) >= 11 is 13.8. The molecule has 2 aromatic rings. The Bertz CT molecular complexity index is 819. The van der Waals surface area contributed by atoms with Crippen LogP contribution < -0.4 is 3.83 Å². The molecule has 28 heavy (non-hydrogen) atoms. The van der Waals surface area contributed by atoms with E-state index in [1.54, 1.807) is 24.7 Å². The fourth-order valence-electron chi connectivity index (χ4n) is 2.43. The summed E-state index contributed by atoms with van der Waals surface area (Å²) in [6, 6.07) is 9.16. The van der Waals surface area contributed by atoms with Crippen molar-refractivity contribution in [3.05, 3.63) is 79.6 Å². The van der Waals surface area contributed by atoms with Crippen molar-refractivity contribution in [1.29, 1.82) is 0 Å². The van der Waals surface area contributed by atoms with Crippen LogP contribution in [0.4, 0.5) is 0 Å². The number of benzene rings is 2. The maximum absolute atomic E-state index is 9.47. The Balaban J connectivity index is 0.000000480. The third-order valence-corrected chi connectivity index (χ3v) is 6.94. The molecule has 0 unspecified atom stereocenters. The predicted molar refractivity (Wildman–Crippen MR) is 130 cm³/mol. The van der Waals surface area contributed by atoms with Gasteiger partial charge >= 0.3 is 0 Å². The normalized spacial score (nSPS) is 11.4. The topological polar surface area (TPSA) is 38.7 Å². The van der Waals surface area contributed by atoms with Crippen LogP contribution in [0.2, 0.25) is 0 Å². The molecule has 0 radical (unpaired) electrons. The van der Waals surface area contributed by atoms with E-state index in [1.165, 1.54) is 0 Å². The average molecular weight is 642 g/mol. The fourth-order valence-corrected chi connectivity index (χ4v) is 5.37. The van der Waals surface area contributed by atoms with Crippen LogP contribution in [0.1, 0.15) is 38.8 Å². The Kier molecular flexibility index (Phi) is 10.9. The lowest BCUT2D eigenvalue weighted by atomic mass is 9.78. The van der Waals surface area contributed by atoms with Gasteiger partial charge < -0.3 is 13.7 Å². The van der Waals surface area contributed by atoms with Crippen molar-refractivity contribution in [1.82, 2.24) is 0 Å². The van der Waals surface area contributed by atoms with Gasteiger partial charge in [-0.3, -0.25) is 0 Å². The molecule has 0 spiro atoms. The summed E-state index contributed by atoms with van der Waals surface area (Å²) in [4.78, 5) is 0. The van der Waals surface area contributed by atoms with Gasteiger partial charge in [-0.15, -0.1) is 0 Å². The molecule has 0 aliphatic rings. The van der Waals surface area contributed by atoms with Crippen LogP contribution in [0, 0.1) is 0 Å². The maximum atomic E-state index is 9.47. The first kappa shape index (κ1) is 25.3. The van der Waals surface area contributed by atoms with Gasteiger partial charge in [-0.1, -0.05) is 54.1 Å². The molecule has 0 heterocycles. The van der Waals surface area contributed by atoms with Crippen molar-refractivity contribution >= 4 is 64.0 Å². The van der Waals surface area contributed by atoms with E-state index in [0.29, 0.717) is 5.75 Å². The monoisotopic (exact) mass is 638 g/mol. The standard InChI is InChI=1S/C15H12Br4O2.C6H10O/c1-15(2,8-3-5-9(20)6-4-8)12-10(16)7-11(21-19)13(17)14(12)18;1-3-5-7-6-4-2/h3-7,20H,1-2H3;3-6H,1-2H3. The van der Waals surface area contributed by atoms with E-state index in [0.717, 1.165) is 24.5 Å². The van der Waals surface area contributed by atoms with Crippen LogP contribution in [-0.2, 0) is 10.2 Å². The number of halogens is 4. The summed E-state index contributed by atoms with van der Waals surface area (Å²) < 4.78 is 12.6. The molecule has 0 atom stereocenters. The zero-order valence-corrected chi connectivity index (χ0v) is 22.3. The summed E-state index contributed by atoms with van der Waals surface area (Å²) in [7, 11) is 0. The van der Waals surface area contributed by atoms with Crippen molar-refractivity contribution in [3.8, 4) is 11.5 Å².